The van der Waals surface area contributed by atoms with Gasteiger partial charge < -0.3 is 10.2 Å². The number of aryl methyl sites for hydroxylation is 1. The highest BCUT2D eigenvalue weighted by atomic mass is 16.4. The van der Waals surface area contributed by atoms with Crippen LogP contribution in [-0.4, -0.2) is 22.2 Å². The van der Waals surface area contributed by atoms with Gasteiger partial charge in [0.25, 0.3) is 0 Å². The molecule has 0 radical (unpaired) electrons. The van der Waals surface area contributed by atoms with Crippen molar-refractivity contribution in [2.45, 2.75) is 39.5 Å². The van der Waals surface area contributed by atoms with Crippen LogP contribution < -0.4 is 0 Å². The molecule has 0 amide bonds. The number of carboxylic acid groups (broad SMARTS) is 2. The van der Waals surface area contributed by atoms with Crippen LogP contribution >= 0.6 is 0 Å². The Bertz CT molecular complexity index is 1400. The Labute approximate surface area is 211 Å². The minimum atomic E-state index is -1.01. The van der Waals surface area contributed by atoms with Crippen LogP contribution in [0.3, 0.4) is 0 Å². The third kappa shape index (κ3) is 4.80. The van der Waals surface area contributed by atoms with E-state index in [4.69, 9.17) is 0 Å². The molecule has 0 bridgehead atoms. The van der Waals surface area contributed by atoms with Crippen molar-refractivity contribution >= 4 is 11.9 Å². The van der Waals surface area contributed by atoms with Gasteiger partial charge >= 0.3 is 11.9 Å². The maximum atomic E-state index is 12.4. The van der Waals surface area contributed by atoms with Crippen molar-refractivity contribution in [1.82, 2.24) is 0 Å². The number of carboxylic acids is 2. The van der Waals surface area contributed by atoms with Gasteiger partial charge in [0.15, 0.2) is 0 Å². The molecule has 0 aliphatic heterocycles. The Morgan fingerprint density at radius 3 is 1.64 bits per heavy atom. The van der Waals surface area contributed by atoms with Crippen LogP contribution in [0.25, 0.3) is 33.4 Å². The highest BCUT2D eigenvalue weighted by molar-refractivity contribution is 6.05. The van der Waals surface area contributed by atoms with Crippen LogP contribution in [0.4, 0.5) is 0 Å². The topological polar surface area (TPSA) is 74.6 Å². The van der Waals surface area contributed by atoms with E-state index < -0.39 is 11.9 Å². The van der Waals surface area contributed by atoms with E-state index in [0.29, 0.717) is 11.1 Å². The first-order valence-electron chi connectivity index (χ1n) is 12.4. The molecule has 0 fully saturated rings. The van der Waals surface area contributed by atoms with Gasteiger partial charge in [0.05, 0.1) is 11.1 Å². The van der Waals surface area contributed by atoms with Crippen LogP contribution in [0.5, 0.6) is 0 Å². The zero-order chi connectivity index (χ0) is 25.7. The molecule has 2 N–H and O–H groups in total. The van der Waals surface area contributed by atoms with Crippen LogP contribution in [0.2, 0.25) is 0 Å². The van der Waals surface area contributed by atoms with Crippen molar-refractivity contribution in [2.24, 2.45) is 0 Å². The van der Waals surface area contributed by atoms with Crippen molar-refractivity contribution in [1.29, 1.82) is 0 Å². The lowest BCUT2D eigenvalue weighted by Crippen LogP contribution is -2.08. The van der Waals surface area contributed by atoms with Crippen molar-refractivity contribution < 1.29 is 19.8 Å². The van der Waals surface area contributed by atoms with Crippen LogP contribution in [-0.2, 0) is 12.8 Å². The molecule has 0 aliphatic carbocycles. The molecule has 0 atom stereocenters. The molecule has 4 rings (SSSR count). The van der Waals surface area contributed by atoms with Gasteiger partial charge in [-0.2, -0.15) is 0 Å². The number of benzene rings is 4. The number of aromatic carboxylic acids is 2. The minimum absolute atomic E-state index is 0.205. The van der Waals surface area contributed by atoms with E-state index in [-0.39, 0.29) is 11.1 Å². The summed E-state index contributed by atoms with van der Waals surface area (Å²) in [6, 6.07) is 26.4. The maximum Gasteiger partial charge on any atom is 0.336 e. The molecule has 4 aromatic rings. The number of carbonyl (C=O) groups is 2. The second kappa shape index (κ2) is 11.0. The van der Waals surface area contributed by atoms with E-state index in [1.165, 1.54) is 0 Å². The molecule has 0 saturated carbocycles. The Morgan fingerprint density at radius 1 is 0.611 bits per heavy atom. The molecular weight excluding hydrogens is 448 g/mol. The summed E-state index contributed by atoms with van der Waals surface area (Å²) in [5.74, 6) is -2.01. The molecule has 0 aromatic heterocycles. The lowest BCUT2D eigenvalue weighted by molar-refractivity contribution is 0.0686. The molecule has 4 aromatic carbocycles. The quantitative estimate of drug-likeness (QED) is 0.256. The molecular formula is C32H30O4. The largest absolute Gasteiger partial charge is 0.478 e. The van der Waals surface area contributed by atoms with E-state index in [2.05, 4.69) is 32.0 Å². The van der Waals surface area contributed by atoms with Crippen LogP contribution in [0.15, 0.2) is 84.9 Å². The Hall–Kier alpha value is -4.18. The van der Waals surface area contributed by atoms with Crippen LogP contribution in [0, 0.1) is 0 Å². The van der Waals surface area contributed by atoms with E-state index in [1.807, 2.05) is 42.5 Å². The predicted molar refractivity (Wildman–Crippen MR) is 145 cm³/mol. The standard InChI is InChI=1S/C32H30O4/c1-3-12-22-20-28(21-14-6-5-7-15-21)23(13-4-2)30(25-17-9-11-19-27(25)32(35)36)29(22)24-16-8-10-18-26(24)31(33)34/h5-11,14-20H,3-4,12-13H2,1-2H3,(H,33,34)(H,35,36). The highest BCUT2D eigenvalue weighted by Gasteiger charge is 2.26. The fraction of sp³-hybridized carbons (Fsp3) is 0.188. The van der Waals surface area contributed by atoms with Gasteiger partial charge in [-0.3, -0.25) is 0 Å². The third-order valence-corrected chi connectivity index (χ3v) is 6.47. The molecule has 36 heavy (non-hydrogen) atoms. The zero-order valence-corrected chi connectivity index (χ0v) is 20.6. The molecule has 0 saturated heterocycles. The van der Waals surface area contributed by atoms with Gasteiger partial charge in [-0.1, -0.05) is 99.5 Å². The first-order chi connectivity index (χ1) is 17.5. The summed E-state index contributed by atoms with van der Waals surface area (Å²) < 4.78 is 0. The van der Waals surface area contributed by atoms with Gasteiger partial charge in [-0.25, -0.2) is 9.59 Å². The van der Waals surface area contributed by atoms with E-state index >= 15 is 0 Å². The Morgan fingerprint density at radius 2 is 1.11 bits per heavy atom. The second-order valence-electron chi connectivity index (χ2n) is 8.88. The van der Waals surface area contributed by atoms with Crippen molar-refractivity contribution in [3.63, 3.8) is 0 Å². The first kappa shape index (κ1) is 24.9. The van der Waals surface area contributed by atoms with Gasteiger partial charge in [-0.05, 0) is 69.5 Å². The number of rotatable bonds is 9. The maximum absolute atomic E-state index is 12.4. The molecule has 0 heterocycles. The first-order valence-corrected chi connectivity index (χ1v) is 12.4. The Kier molecular flexibility index (Phi) is 7.65. The summed E-state index contributed by atoms with van der Waals surface area (Å²) in [5, 5.41) is 20.2. The van der Waals surface area contributed by atoms with Crippen molar-refractivity contribution in [2.75, 3.05) is 0 Å². The molecule has 0 aliphatic rings. The average molecular weight is 479 g/mol. The summed E-state index contributed by atoms with van der Waals surface area (Å²) in [6.07, 6.45) is 3.18. The molecule has 182 valence electrons. The summed E-state index contributed by atoms with van der Waals surface area (Å²) >= 11 is 0. The molecule has 0 spiro atoms. The SMILES string of the molecule is CCCc1cc(-c2ccccc2)c(CCC)c(-c2ccccc2C(=O)O)c1-c1ccccc1C(=O)O. The fourth-order valence-electron chi connectivity index (χ4n) is 5.01. The molecule has 0 unspecified atom stereocenters. The van der Waals surface area contributed by atoms with Gasteiger partial charge in [-0.15, -0.1) is 0 Å². The third-order valence-electron chi connectivity index (χ3n) is 6.47. The van der Waals surface area contributed by atoms with Gasteiger partial charge in [0.1, 0.15) is 0 Å². The summed E-state index contributed by atoms with van der Waals surface area (Å²) in [4.78, 5) is 24.7. The lowest BCUT2D eigenvalue weighted by atomic mass is 9.78. The van der Waals surface area contributed by atoms with Gasteiger partial charge in [0, 0.05) is 0 Å². The summed E-state index contributed by atoms with van der Waals surface area (Å²) in [5.41, 5.74) is 7.43. The van der Waals surface area contributed by atoms with E-state index in [1.54, 1.807) is 24.3 Å². The summed E-state index contributed by atoms with van der Waals surface area (Å²) in [7, 11) is 0. The predicted octanol–water partition coefficient (Wildman–Crippen LogP) is 7.99. The van der Waals surface area contributed by atoms with Gasteiger partial charge in [0.2, 0.25) is 0 Å². The molecule has 4 nitrogen and oxygen atoms in total. The average Bonchev–Trinajstić information content (AvgIpc) is 2.89. The Balaban J connectivity index is 2.25. The van der Waals surface area contributed by atoms with Crippen molar-refractivity contribution in [3.8, 4) is 33.4 Å². The minimum Gasteiger partial charge on any atom is -0.478 e. The number of hydrogen-bond acceptors (Lipinski definition) is 2. The normalized spacial score (nSPS) is 10.8. The smallest absolute Gasteiger partial charge is 0.336 e. The monoisotopic (exact) mass is 478 g/mol. The zero-order valence-electron chi connectivity index (χ0n) is 20.6. The van der Waals surface area contributed by atoms with E-state index in [0.717, 1.165) is 59.1 Å². The summed E-state index contributed by atoms with van der Waals surface area (Å²) in [6.45, 7) is 4.20. The number of hydrogen-bond donors (Lipinski definition) is 2. The van der Waals surface area contributed by atoms with Crippen molar-refractivity contribution in [3.05, 3.63) is 107 Å². The van der Waals surface area contributed by atoms with Crippen LogP contribution in [0.1, 0.15) is 58.5 Å². The second-order valence-corrected chi connectivity index (χ2v) is 8.88. The highest BCUT2D eigenvalue weighted by Crippen LogP contribution is 2.45. The lowest BCUT2D eigenvalue weighted by Gasteiger charge is -2.25. The fourth-order valence-corrected chi connectivity index (χ4v) is 5.01. The van der Waals surface area contributed by atoms with E-state index in [9.17, 15) is 19.8 Å². The molecule has 4 heteroatoms.